The van der Waals surface area contributed by atoms with Crippen LogP contribution in [0.3, 0.4) is 0 Å². The standard InChI is InChI=1S/C24H24N4O3S/c1-2-3-9-32-16-11-14(26)18-20(22(16)28)24(30)19-17(23(18)29)13(25)10-15(21(19)27)31-12-7-5-4-6-8-12/h4-8,10-11H,2-3,9,25-28H2,1H3. The summed E-state index contributed by atoms with van der Waals surface area (Å²) in [6, 6.07) is 12.0. The van der Waals surface area contributed by atoms with Gasteiger partial charge in [-0.1, -0.05) is 31.5 Å². The first-order chi connectivity index (χ1) is 15.3. The predicted octanol–water partition coefficient (Wildman–Crippen LogP) is 4.48. The molecule has 0 aromatic heterocycles. The quantitative estimate of drug-likeness (QED) is 0.192. The van der Waals surface area contributed by atoms with Crippen LogP contribution in [-0.4, -0.2) is 17.3 Å². The molecule has 0 spiro atoms. The van der Waals surface area contributed by atoms with E-state index in [1.165, 1.54) is 17.8 Å². The first-order valence-electron chi connectivity index (χ1n) is 10.2. The second-order valence-electron chi connectivity index (χ2n) is 7.53. The van der Waals surface area contributed by atoms with Crippen molar-refractivity contribution in [2.75, 3.05) is 28.7 Å². The molecule has 1 aliphatic rings. The van der Waals surface area contributed by atoms with Crippen molar-refractivity contribution in [1.82, 2.24) is 0 Å². The predicted molar refractivity (Wildman–Crippen MR) is 130 cm³/mol. The normalized spacial score (nSPS) is 12.4. The van der Waals surface area contributed by atoms with E-state index in [0.29, 0.717) is 10.6 Å². The molecule has 8 N–H and O–H groups in total. The zero-order valence-corrected chi connectivity index (χ0v) is 18.4. The van der Waals surface area contributed by atoms with E-state index in [1.807, 2.05) is 6.07 Å². The summed E-state index contributed by atoms with van der Waals surface area (Å²) < 4.78 is 5.84. The van der Waals surface area contributed by atoms with E-state index < -0.39 is 11.6 Å². The first-order valence-corrected chi connectivity index (χ1v) is 11.2. The number of anilines is 4. The third-order valence-corrected chi connectivity index (χ3v) is 6.50. The first kappa shape index (κ1) is 21.6. The molecule has 0 heterocycles. The minimum absolute atomic E-state index is 0.00441. The van der Waals surface area contributed by atoms with E-state index in [1.54, 1.807) is 30.3 Å². The number of hydrogen-bond acceptors (Lipinski definition) is 8. The minimum atomic E-state index is -0.487. The summed E-state index contributed by atoms with van der Waals surface area (Å²) in [5, 5.41) is 0. The average Bonchev–Trinajstić information content (AvgIpc) is 2.77. The average molecular weight is 449 g/mol. The van der Waals surface area contributed by atoms with E-state index in [-0.39, 0.29) is 50.8 Å². The second-order valence-corrected chi connectivity index (χ2v) is 8.67. The molecule has 32 heavy (non-hydrogen) atoms. The van der Waals surface area contributed by atoms with Gasteiger partial charge in [0.25, 0.3) is 0 Å². The van der Waals surface area contributed by atoms with E-state index >= 15 is 0 Å². The lowest BCUT2D eigenvalue weighted by Crippen LogP contribution is -2.26. The molecule has 3 aromatic carbocycles. The maximum absolute atomic E-state index is 13.6. The monoisotopic (exact) mass is 448 g/mol. The van der Waals surface area contributed by atoms with Crippen molar-refractivity contribution in [1.29, 1.82) is 0 Å². The Bertz CT molecular complexity index is 1240. The molecule has 4 rings (SSSR count). The van der Waals surface area contributed by atoms with Crippen molar-refractivity contribution < 1.29 is 14.3 Å². The summed E-state index contributed by atoms with van der Waals surface area (Å²) in [7, 11) is 0. The van der Waals surface area contributed by atoms with Crippen molar-refractivity contribution in [3.05, 3.63) is 64.7 Å². The Hall–Kier alpha value is -3.65. The zero-order chi connectivity index (χ0) is 23.0. The maximum Gasteiger partial charge on any atom is 0.199 e. The van der Waals surface area contributed by atoms with E-state index in [4.69, 9.17) is 27.7 Å². The minimum Gasteiger partial charge on any atom is -0.455 e. The molecule has 0 bridgehead atoms. The van der Waals surface area contributed by atoms with Crippen LogP contribution in [0.1, 0.15) is 51.6 Å². The molecule has 0 fully saturated rings. The van der Waals surface area contributed by atoms with Gasteiger partial charge < -0.3 is 27.7 Å². The van der Waals surface area contributed by atoms with Gasteiger partial charge in [0.05, 0.1) is 33.6 Å². The Labute approximate surface area is 190 Å². The number of ketones is 2. The van der Waals surface area contributed by atoms with Crippen LogP contribution in [0.25, 0.3) is 0 Å². The number of fused-ring (bicyclic) bond motifs is 2. The van der Waals surface area contributed by atoms with Crippen LogP contribution in [0.15, 0.2) is 47.4 Å². The van der Waals surface area contributed by atoms with Crippen LogP contribution in [0.4, 0.5) is 22.7 Å². The van der Waals surface area contributed by atoms with E-state index in [0.717, 1.165) is 18.6 Å². The third-order valence-electron chi connectivity index (χ3n) is 5.35. The van der Waals surface area contributed by atoms with Gasteiger partial charge in [-0.3, -0.25) is 9.59 Å². The largest absolute Gasteiger partial charge is 0.455 e. The van der Waals surface area contributed by atoms with Crippen LogP contribution in [0.2, 0.25) is 0 Å². The van der Waals surface area contributed by atoms with Crippen molar-refractivity contribution in [3.63, 3.8) is 0 Å². The van der Waals surface area contributed by atoms with Gasteiger partial charge in [-0.05, 0) is 30.4 Å². The smallest absolute Gasteiger partial charge is 0.199 e. The number of nitrogen functional groups attached to an aromatic ring is 4. The number of nitrogens with two attached hydrogens (primary N) is 4. The van der Waals surface area contributed by atoms with E-state index in [2.05, 4.69) is 6.92 Å². The molecule has 3 aromatic rings. The fourth-order valence-corrected chi connectivity index (χ4v) is 4.86. The molecule has 0 amide bonds. The summed E-state index contributed by atoms with van der Waals surface area (Å²) in [6.45, 7) is 2.09. The van der Waals surface area contributed by atoms with Crippen LogP contribution < -0.4 is 27.7 Å². The summed E-state index contributed by atoms with van der Waals surface area (Å²) in [4.78, 5) is 27.6. The summed E-state index contributed by atoms with van der Waals surface area (Å²) in [6.07, 6.45) is 2.01. The number of carbonyl (C=O) groups is 2. The number of hydrogen-bond donors (Lipinski definition) is 4. The highest BCUT2D eigenvalue weighted by Gasteiger charge is 2.38. The molecular formula is C24H24N4O3S. The molecule has 0 saturated carbocycles. The van der Waals surface area contributed by atoms with Crippen LogP contribution in [0.5, 0.6) is 11.5 Å². The molecule has 7 nitrogen and oxygen atoms in total. The van der Waals surface area contributed by atoms with Gasteiger partial charge in [0, 0.05) is 22.3 Å². The fourth-order valence-electron chi connectivity index (χ4n) is 3.74. The fraction of sp³-hybridized carbons (Fsp3) is 0.167. The number of thioether (sulfide) groups is 1. The highest BCUT2D eigenvalue weighted by atomic mass is 32.2. The number of carbonyl (C=O) groups excluding carboxylic acids is 2. The van der Waals surface area contributed by atoms with Gasteiger partial charge in [-0.25, -0.2) is 0 Å². The Morgan fingerprint density at radius 3 is 2.06 bits per heavy atom. The van der Waals surface area contributed by atoms with Crippen molar-refractivity contribution in [3.8, 4) is 11.5 Å². The van der Waals surface area contributed by atoms with Crippen molar-refractivity contribution >= 4 is 46.1 Å². The molecule has 8 heteroatoms. The third kappa shape index (κ3) is 3.52. The van der Waals surface area contributed by atoms with Gasteiger partial charge in [0.2, 0.25) is 0 Å². The molecule has 0 saturated heterocycles. The Morgan fingerprint density at radius 2 is 1.41 bits per heavy atom. The maximum atomic E-state index is 13.6. The van der Waals surface area contributed by atoms with Gasteiger partial charge in [-0.2, -0.15) is 0 Å². The Morgan fingerprint density at radius 1 is 0.812 bits per heavy atom. The zero-order valence-electron chi connectivity index (χ0n) is 17.6. The van der Waals surface area contributed by atoms with Crippen LogP contribution >= 0.6 is 11.8 Å². The molecule has 164 valence electrons. The van der Waals surface area contributed by atoms with Gasteiger partial charge in [0.1, 0.15) is 5.75 Å². The lowest BCUT2D eigenvalue weighted by Gasteiger charge is -2.25. The van der Waals surface area contributed by atoms with Gasteiger partial charge in [-0.15, -0.1) is 11.8 Å². The number of rotatable bonds is 6. The molecule has 0 unspecified atom stereocenters. The summed E-state index contributed by atoms with van der Waals surface area (Å²) >= 11 is 1.51. The number of ether oxygens (including phenoxy) is 1. The number of para-hydroxylation sites is 1. The van der Waals surface area contributed by atoms with E-state index in [9.17, 15) is 9.59 Å². The molecular weight excluding hydrogens is 424 g/mol. The SMILES string of the molecule is CCCCSc1cc(N)c2c(c1N)C(=O)c1c(N)c(Oc3ccccc3)cc(N)c1C2=O. The summed E-state index contributed by atoms with van der Waals surface area (Å²) in [5.41, 5.74) is 25.8. The number of unbranched alkanes of at least 4 members (excludes halogenated alkanes) is 1. The van der Waals surface area contributed by atoms with Crippen LogP contribution in [0, 0.1) is 0 Å². The number of benzene rings is 3. The van der Waals surface area contributed by atoms with Crippen molar-refractivity contribution in [2.24, 2.45) is 0 Å². The molecule has 0 atom stereocenters. The summed E-state index contributed by atoms with van der Waals surface area (Å²) in [5.74, 6) is 0.574. The lowest BCUT2D eigenvalue weighted by molar-refractivity contribution is 0.0981. The van der Waals surface area contributed by atoms with Crippen LogP contribution in [-0.2, 0) is 0 Å². The van der Waals surface area contributed by atoms with Crippen molar-refractivity contribution in [2.45, 2.75) is 24.7 Å². The second kappa shape index (κ2) is 8.47. The molecule has 0 radical (unpaired) electrons. The molecule has 0 aliphatic heterocycles. The highest BCUT2D eigenvalue weighted by Crippen LogP contribution is 2.45. The molecule has 1 aliphatic carbocycles. The Balaban J connectivity index is 1.86. The van der Waals surface area contributed by atoms with Gasteiger partial charge in [0.15, 0.2) is 17.3 Å². The topological polar surface area (TPSA) is 147 Å². The lowest BCUT2D eigenvalue weighted by atomic mass is 9.80. The Kier molecular flexibility index (Phi) is 5.71. The van der Waals surface area contributed by atoms with Gasteiger partial charge >= 0.3 is 0 Å². The highest BCUT2D eigenvalue weighted by molar-refractivity contribution is 7.99.